The minimum absolute atomic E-state index is 0.108. The van der Waals surface area contributed by atoms with Crippen LogP contribution in [0.1, 0.15) is 413 Å². The van der Waals surface area contributed by atoms with Crippen molar-refractivity contribution in [2.75, 3.05) is 39.6 Å². The second kappa shape index (κ2) is 71.5. The first-order valence-electron chi connectivity index (χ1n) is 40.3. The lowest BCUT2D eigenvalue weighted by Crippen LogP contribution is -2.30. The number of esters is 4. The molecule has 0 aromatic heterocycles. The van der Waals surface area contributed by atoms with Crippen molar-refractivity contribution < 1.29 is 80.2 Å². The summed E-state index contributed by atoms with van der Waals surface area (Å²) in [6, 6.07) is 0. The number of hydrogen-bond acceptors (Lipinski definition) is 15. The predicted octanol–water partition coefficient (Wildman–Crippen LogP) is 23.0. The topological polar surface area (TPSA) is 237 Å². The van der Waals surface area contributed by atoms with E-state index >= 15 is 0 Å². The SMILES string of the molecule is CCCCCCCCCCCCCCCCCCCCC(=O)O[C@H](COC(=O)CCCCCCCCCCCCCCCCCCC)COP(=O)(O)OC[C@@H](O)COP(=O)(O)OC[C@@H](COC(=O)CCCCCCCCCC)OC(=O)CCCCCCCCCCCCCCC. The minimum atomic E-state index is -4.96. The highest BCUT2D eigenvalue weighted by Gasteiger charge is 2.30. The lowest BCUT2D eigenvalue weighted by molar-refractivity contribution is -0.161. The quantitative estimate of drug-likeness (QED) is 0.0222. The van der Waals surface area contributed by atoms with Crippen molar-refractivity contribution in [2.24, 2.45) is 0 Å². The molecule has 3 N–H and O–H groups in total. The third-order valence-electron chi connectivity index (χ3n) is 18.1. The Balaban J connectivity index is 5.20. The van der Waals surface area contributed by atoms with Gasteiger partial charge in [0.15, 0.2) is 12.2 Å². The van der Waals surface area contributed by atoms with Gasteiger partial charge in [0, 0.05) is 25.7 Å². The van der Waals surface area contributed by atoms with Crippen molar-refractivity contribution in [1.82, 2.24) is 0 Å². The third kappa shape index (κ3) is 70.5. The van der Waals surface area contributed by atoms with Crippen LogP contribution >= 0.6 is 15.6 Å². The Morgan fingerprint density at radius 1 is 0.250 bits per heavy atom. The molecular formula is C77H150O17P2. The van der Waals surface area contributed by atoms with Crippen LogP contribution in [0.5, 0.6) is 0 Å². The largest absolute Gasteiger partial charge is 0.472 e. The number of ether oxygens (including phenoxy) is 4. The Hall–Kier alpha value is -1.94. The second-order valence-electron chi connectivity index (χ2n) is 27.7. The Morgan fingerprint density at radius 3 is 0.615 bits per heavy atom. The van der Waals surface area contributed by atoms with Crippen LogP contribution in [0.15, 0.2) is 0 Å². The van der Waals surface area contributed by atoms with Crippen LogP contribution < -0.4 is 0 Å². The average Bonchev–Trinajstić information content (AvgIpc) is 2.31. The van der Waals surface area contributed by atoms with Crippen molar-refractivity contribution in [3.8, 4) is 0 Å². The van der Waals surface area contributed by atoms with Gasteiger partial charge in [-0.2, -0.15) is 0 Å². The Bertz CT molecular complexity index is 1830. The number of phosphoric ester groups is 2. The van der Waals surface area contributed by atoms with E-state index in [1.165, 1.54) is 244 Å². The van der Waals surface area contributed by atoms with Gasteiger partial charge in [-0.1, -0.05) is 362 Å². The zero-order valence-corrected chi connectivity index (χ0v) is 64.1. The summed E-state index contributed by atoms with van der Waals surface area (Å²) in [6.45, 7) is 4.98. The van der Waals surface area contributed by atoms with Crippen molar-refractivity contribution >= 4 is 39.5 Å². The van der Waals surface area contributed by atoms with Crippen LogP contribution in [0.4, 0.5) is 0 Å². The number of rotatable bonds is 78. The number of hydrogen-bond donors (Lipinski definition) is 3. The molecule has 0 aromatic rings. The van der Waals surface area contributed by atoms with Crippen LogP contribution in [0.2, 0.25) is 0 Å². The molecular weight excluding hydrogens is 1260 g/mol. The van der Waals surface area contributed by atoms with Gasteiger partial charge in [-0.25, -0.2) is 9.13 Å². The monoisotopic (exact) mass is 1410 g/mol. The molecule has 0 radical (unpaired) electrons. The van der Waals surface area contributed by atoms with Gasteiger partial charge in [0.2, 0.25) is 0 Å². The Labute approximate surface area is 588 Å². The van der Waals surface area contributed by atoms with E-state index in [0.29, 0.717) is 25.7 Å². The molecule has 0 fully saturated rings. The number of carbonyl (C=O) groups is 4. The summed E-state index contributed by atoms with van der Waals surface area (Å²) in [4.78, 5) is 72.8. The summed E-state index contributed by atoms with van der Waals surface area (Å²) in [6.07, 6.45) is 62.4. The van der Waals surface area contributed by atoms with Crippen LogP contribution in [0.25, 0.3) is 0 Å². The first kappa shape index (κ1) is 94.1. The molecule has 0 aliphatic carbocycles. The Kier molecular flexibility index (Phi) is 70.0. The van der Waals surface area contributed by atoms with Gasteiger partial charge < -0.3 is 33.8 Å². The molecule has 0 heterocycles. The lowest BCUT2D eigenvalue weighted by Gasteiger charge is -2.21. The molecule has 0 aliphatic heterocycles. The number of phosphoric acid groups is 2. The van der Waals surface area contributed by atoms with E-state index in [9.17, 15) is 43.2 Å². The van der Waals surface area contributed by atoms with Crippen LogP contribution in [0.3, 0.4) is 0 Å². The minimum Gasteiger partial charge on any atom is -0.462 e. The third-order valence-corrected chi connectivity index (χ3v) is 20.0. The van der Waals surface area contributed by atoms with Crippen LogP contribution in [-0.2, 0) is 65.4 Å². The fourth-order valence-electron chi connectivity index (χ4n) is 11.9. The normalized spacial score (nSPS) is 13.9. The molecule has 0 bridgehead atoms. The molecule has 0 aromatic carbocycles. The first-order valence-corrected chi connectivity index (χ1v) is 43.3. The van der Waals surface area contributed by atoms with Crippen molar-refractivity contribution in [3.05, 3.63) is 0 Å². The molecule has 570 valence electrons. The van der Waals surface area contributed by atoms with Gasteiger partial charge in [-0.05, 0) is 25.7 Å². The van der Waals surface area contributed by atoms with Crippen LogP contribution in [0, 0.1) is 0 Å². The van der Waals surface area contributed by atoms with E-state index in [0.717, 1.165) is 89.9 Å². The highest BCUT2D eigenvalue weighted by Crippen LogP contribution is 2.45. The fourth-order valence-corrected chi connectivity index (χ4v) is 13.5. The second-order valence-corrected chi connectivity index (χ2v) is 30.7. The van der Waals surface area contributed by atoms with Gasteiger partial charge in [0.25, 0.3) is 0 Å². The summed E-state index contributed by atoms with van der Waals surface area (Å²) in [5.41, 5.74) is 0. The molecule has 19 heteroatoms. The number of carbonyl (C=O) groups excluding carboxylic acids is 4. The molecule has 0 spiro atoms. The standard InChI is InChI=1S/C77H150O17P2/c1-5-9-13-17-21-25-28-31-33-35-37-39-42-45-48-52-56-60-64-77(82)94-73(68-88-75(80)62-58-54-50-46-43-41-38-36-34-32-29-26-22-18-14-10-6-2)70-92-96(85,86)90-66-71(78)65-89-95(83,84)91-69-72(67-87-74(79)61-57-53-49-24-20-16-12-8-4)93-76(81)63-59-55-51-47-44-40-30-27-23-19-15-11-7-3/h71-73,78H,5-70H2,1-4H3,(H,83,84)(H,85,86)/t71-,72+,73+/m0/s1. The predicted molar refractivity (Wildman–Crippen MR) is 391 cm³/mol. The maximum atomic E-state index is 13.1. The van der Waals surface area contributed by atoms with E-state index < -0.39 is 97.5 Å². The summed E-state index contributed by atoms with van der Waals surface area (Å²) in [5.74, 6) is -2.11. The van der Waals surface area contributed by atoms with Gasteiger partial charge in [-0.3, -0.25) is 37.3 Å². The maximum Gasteiger partial charge on any atom is 0.472 e. The summed E-state index contributed by atoms with van der Waals surface area (Å²) in [5, 5.41) is 10.6. The number of aliphatic hydroxyl groups excluding tert-OH is 1. The summed E-state index contributed by atoms with van der Waals surface area (Å²) in [7, 11) is -9.91. The van der Waals surface area contributed by atoms with E-state index in [1.54, 1.807) is 0 Å². The first-order chi connectivity index (χ1) is 46.7. The van der Waals surface area contributed by atoms with Crippen molar-refractivity contribution in [3.63, 3.8) is 0 Å². The molecule has 5 atom stereocenters. The zero-order valence-electron chi connectivity index (χ0n) is 62.4. The molecule has 0 aliphatic rings. The van der Waals surface area contributed by atoms with Crippen LogP contribution in [-0.4, -0.2) is 96.7 Å². The van der Waals surface area contributed by atoms with E-state index in [4.69, 9.17) is 37.0 Å². The van der Waals surface area contributed by atoms with Crippen molar-refractivity contribution in [2.45, 2.75) is 431 Å². The summed E-state index contributed by atoms with van der Waals surface area (Å²) < 4.78 is 68.5. The molecule has 0 saturated carbocycles. The molecule has 17 nitrogen and oxygen atoms in total. The molecule has 2 unspecified atom stereocenters. The molecule has 0 saturated heterocycles. The average molecular weight is 1410 g/mol. The number of aliphatic hydroxyl groups is 1. The smallest absolute Gasteiger partial charge is 0.462 e. The highest BCUT2D eigenvalue weighted by molar-refractivity contribution is 7.47. The van der Waals surface area contributed by atoms with Gasteiger partial charge in [0.05, 0.1) is 26.4 Å². The van der Waals surface area contributed by atoms with E-state index in [-0.39, 0.29) is 25.7 Å². The number of unbranched alkanes of at least 4 members (excludes halogenated alkanes) is 52. The van der Waals surface area contributed by atoms with Gasteiger partial charge in [-0.15, -0.1) is 0 Å². The summed E-state index contributed by atoms with van der Waals surface area (Å²) >= 11 is 0. The molecule has 0 amide bonds. The Morgan fingerprint density at radius 2 is 0.417 bits per heavy atom. The zero-order chi connectivity index (χ0) is 70.4. The highest BCUT2D eigenvalue weighted by atomic mass is 31.2. The molecule has 96 heavy (non-hydrogen) atoms. The van der Waals surface area contributed by atoms with Crippen molar-refractivity contribution in [1.29, 1.82) is 0 Å². The molecule has 0 rings (SSSR count). The van der Waals surface area contributed by atoms with E-state index in [1.807, 2.05) is 0 Å². The fraction of sp³-hybridized carbons (Fsp3) is 0.948. The van der Waals surface area contributed by atoms with Gasteiger partial charge in [0.1, 0.15) is 19.3 Å². The lowest BCUT2D eigenvalue weighted by atomic mass is 10.0. The van der Waals surface area contributed by atoms with E-state index in [2.05, 4.69) is 27.7 Å². The maximum absolute atomic E-state index is 13.1. The van der Waals surface area contributed by atoms with Gasteiger partial charge >= 0.3 is 39.5 Å².